The summed E-state index contributed by atoms with van der Waals surface area (Å²) in [5, 5.41) is -0.0114. The molecule has 0 fully saturated rings. The monoisotopic (exact) mass is 368 g/mol. The minimum Gasteiger partial charge on any atom is -0.539 e. The fourth-order valence-electron chi connectivity index (χ4n) is 2.05. The first kappa shape index (κ1) is 20.0. The van der Waals surface area contributed by atoms with Gasteiger partial charge in [0.1, 0.15) is 6.61 Å². The second kappa shape index (κ2) is 8.36. The standard InChI is InChI=1S/C22H28O3Si/c1-22(2,3)26(4,5)25-20(16-18-12-8-6-9-13-18)21(23)24-17-19-14-10-7-11-15-19/h6-16H,17H2,1-5H3/b20-16+. The molecule has 0 spiro atoms. The number of carbonyl (C=O) groups is 1. The number of ether oxygens (including phenoxy) is 1. The SMILES string of the molecule is CC(C)(C)[Si](C)(C)O/C(=C/c1ccccc1)C(=O)OCc1ccccc1. The highest BCUT2D eigenvalue weighted by Gasteiger charge is 2.40. The lowest BCUT2D eigenvalue weighted by Gasteiger charge is -2.36. The first-order valence-electron chi connectivity index (χ1n) is 8.86. The van der Waals surface area contributed by atoms with Gasteiger partial charge in [-0.3, -0.25) is 0 Å². The Bertz CT molecular complexity index is 744. The molecule has 0 N–H and O–H groups in total. The van der Waals surface area contributed by atoms with Crippen LogP contribution in [0.1, 0.15) is 31.9 Å². The van der Waals surface area contributed by atoms with Crippen LogP contribution in [0.3, 0.4) is 0 Å². The van der Waals surface area contributed by atoms with Crippen LogP contribution in [0, 0.1) is 0 Å². The topological polar surface area (TPSA) is 35.5 Å². The molecule has 4 heteroatoms. The summed E-state index contributed by atoms with van der Waals surface area (Å²) < 4.78 is 11.8. The van der Waals surface area contributed by atoms with Crippen molar-refractivity contribution in [2.45, 2.75) is 45.5 Å². The first-order chi connectivity index (χ1) is 12.2. The Hall–Kier alpha value is -2.33. The van der Waals surface area contributed by atoms with Crippen molar-refractivity contribution in [1.29, 1.82) is 0 Å². The third-order valence-corrected chi connectivity index (χ3v) is 9.03. The molecule has 0 aliphatic heterocycles. The molecular formula is C22H28O3Si. The summed E-state index contributed by atoms with van der Waals surface area (Å²) in [4.78, 5) is 12.7. The fraction of sp³-hybridized carbons (Fsp3) is 0.318. The fourth-order valence-corrected chi connectivity index (χ4v) is 3.05. The molecule has 0 aliphatic carbocycles. The maximum absolute atomic E-state index is 12.7. The van der Waals surface area contributed by atoms with Crippen LogP contribution in [0.25, 0.3) is 6.08 Å². The minimum atomic E-state index is -2.16. The predicted octanol–water partition coefficient (Wildman–Crippen LogP) is 5.79. The van der Waals surface area contributed by atoms with E-state index in [1.807, 2.05) is 60.7 Å². The van der Waals surface area contributed by atoms with Crippen molar-refractivity contribution in [3.05, 3.63) is 77.5 Å². The molecule has 0 aliphatic rings. The maximum Gasteiger partial charge on any atom is 0.372 e. The molecule has 2 aromatic carbocycles. The highest BCUT2D eigenvalue weighted by atomic mass is 28.4. The Morgan fingerprint density at radius 2 is 1.50 bits per heavy atom. The Morgan fingerprint density at radius 3 is 2.04 bits per heavy atom. The van der Waals surface area contributed by atoms with Crippen LogP contribution >= 0.6 is 0 Å². The summed E-state index contributed by atoms with van der Waals surface area (Å²) in [7, 11) is -2.16. The van der Waals surface area contributed by atoms with Gasteiger partial charge in [0, 0.05) is 0 Å². The van der Waals surface area contributed by atoms with Crippen LogP contribution in [-0.4, -0.2) is 14.3 Å². The molecule has 0 heterocycles. The van der Waals surface area contributed by atoms with Crippen molar-refractivity contribution >= 4 is 20.4 Å². The number of carbonyl (C=O) groups excluding carboxylic acids is 1. The lowest BCUT2D eigenvalue weighted by atomic mass is 10.2. The average Bonchev–Trinajstić information content (AvgIpc) is 2.60. The summed E-state index contributed by atoms with van der Waals surface area (Å²) in [5.74, 6) is -0.152. The molecule has 0 aromatic heterocycles. The second-order valence-corrected chi connectivity index (χ2v) is 12.6. The Labute approximate surface area is 157 Å². The molecule has 0 saturated heterocycles. The summed E-state index contributed by atoms with van der Waals surface area (Å²) in [5.41, 5.74) is 1.87. The molecule has 138 valence electrons. The van der Waals surface area contributed by atoms with Crippen molar-refractivity contribution < 1.29 is 14.0 Å². The second-order valence-electron chi connectivity index (χ2n) is 7.84. The Kier molecular flexibility index (Phi) is 6.43. The van der Waals surface area contributed by atoms with E-state index < -0.39 is 14.3 Å². The van der Waals surface area contributed by atoms with Crippen molar-refractivity contribution in [3.8, 4) is 0 Å². The lowest BCUT2D eigenvalue weighted by Crippen LogP contribution is -2.41. The number of benzene rings is 2. The Morgan fingerprint density at radius 1 is 0.962 bits per heavy atom. The smallest absolute Gasteiger partial charge is 0.372 e. The largest absolute Gasteiger partial charge is 0.539 e. The van der Waals surface area contributed by atoms with Gasteiger partial charge in [0.25, 0.3) is 8.32 Å². The maximum atomic E-state index is 12.7. The van der Waals surface area contributed by atoms with E-state index >= 15 is 0 Å². The Balaban J connectivity index is 2.22. The molecule has 0 bridgehead atoms. The average molecular weight is 369 g/mol. The number of hydrogen-bond donors (Lipinski definition) is 0. The van der Waals surface area contributed by atoms with Crippen molar-refractivity contribution in [1.82, 2.24) is 0 Å². The van der Waals surface area contributed by atoms with E-state index in [1.165, 1.54) is 0 Å². The van der Waals surface area contributed by atoms with E-state index in [0.29, 0.717) is 0 Å². The molecular weight excluding hydrogens is 340 g/mol. The van der Waals surface area contributed by atoms with E-state index in [0.717, 1.165) is 11.1 Å². The van der Waals surface area contributed by atoms with E-state index in [1.54, 1.807) is 6.08 Å². The number of esters is 1. The third-order valence-electron chi connectivity index (χ3n) is 4.68. The quantitative estimate of drug-likeness (QED) is 0.280. The van der Waals surface area contributed by atoms with Gasteiger partial charge in [-0.05, 0) is 35.3 Å². The zero-order valence-electron chi connectivity index (χ0n) is 16.3. The van der Waals surface area contributed by atoms with Gasteiger partial charge >= 0.3 is 5.97 Å². The molecule has 0 radical (unpaired) electrons. The van der Waals surface area contributed by atoms with Crippen LogP contribution in [0.15, 0.2) is 66.4 Å². The zero-order chi connectivity index (χ0) is 19.2. The van der Waals surface area contributed by atoms with Gasteiger partial charge in [0.2, 0.25) is 0 Å². The van der Waals surface area contributed by atoms with Crippen LogP contribution < -0.4 is 0 Å². The van der Waals surface area contributed by atoms with Gasteiger partial charge in [-0.15, -0.1) is 0 Å². The van der Waals surface area contributed by atoms with Crippen LogP contribution in [-0.2, 0) is 20.6 Å². The van der Waals surface area contributed by atoms with E-state index in [2.05, 4.69) is 33.9 Å². The molecule has 0 amide bonds. The number of hydrogen-bond acceptors (Lipinski definition) is 3. The van der Waals surface area contributed by atoms with Crippen molar-refractivity contribution in [2.75, 3.05) is 0 Å². The molecule has 2 aromatic rings. The molecule has 0 atom stereocenters. The van der Waals surface area contributed by atoms with Gasteiger partial charge in [-0.2, -0.15) is 0 Å². The summed E-state index contributed by atoms with van der Waals surface area (Å²) >= 11 is 0. The predicted molar refractivity (Wildman–Crippen MR) is 109 cm³/mol. The van der Waals surface area contributed by atoms with E-state index in [9.17, 15) is 4.79 Å². The summed E-state index contributed by atoms with van der Waals surface area (Å²) in [6.07, 6.45) is 1.77. The van der Waals surface area contributed by atoms with Gasteiger partial charge in [0.15, 0.2) is 5.76 Å². The highest BCUT2D eigenvalue weighted by molar-refractivity contribution is 6.74. The molecule has 2 rings (SSSR count). The van der Waals surface area contributed by atoms with Gasteiger partial charge in [-0.25, -0.2) is 4.79 Å². The number of rotatable bonds is 6. The van der Waals surface area contributed by atoms with Crippen LogP contribution in [0.2, 0.25) is 18.1 Å². The normalized spacial score (nSPS) is 12.6. The lowest BCUT2D eigenvalue weighted by molar-refractivity contribution is -0.142. The van der Waals surface area contributed by atoms with Gasteiger partial charge < -0.3 is 9.16 Å². The van der Waals surface area contributed by atoms with E-state index in [4.69, 9.17) is 9.16 Å². The van der Waals surface area contributed by atoms with Gasteiger partial charge in [-0.1, -0.05) is 81.4 Å². The van der Waals surface area contributed by atoms with Crippen LogP contribution in [0.5, 0.6) is 0 Å². The van der Waals surface area contributed by atoms with Crippen molar-refractivity contribution in [2.24, 2.45) is 0 Å². The van der Waals surface area contributed by atoms with Gasteiger partial charge in [0.05, 0.1) is 0 Å². The minimum absolute atomic E-state index is 0.0114. The van der Waals surface area contributed by atoms with Crippen LogP contribution in [0.4, 0.5) is 0 Å². The van der Waals surface area contributed by atoms with Crippen molar-refractivity contribution in [3.63, 3.8) is 0 Å². The zero-order valence-corrected chi connectivity index (χ0v) is 17.3. The molecule has 3 nitrogen and oxygen atoms in total. The summed E-state index contributed by atoms with van der Waals surface area (Å²) in [6, 6.07) is 19.4. The third kappa shape index (κ3) is 5.60. The molecule has 26 heavy (non-hydrogen) atoms. The first-order valence-corrected chi connectivity index (χ1v) is 11.8. The molecule has 0 unspecified atom stereocenters. The van der Waals surface area contributed by atoms with E-state index in [-0.39, 0.29) is 17.4 Å². The molecule has 0 saturated carbocycles. The summed E-state index contributed by atoms with van der Waals surface area (Å²) in [6.45, 7) is 10.9. The highest BCUT2D eigenvalue weighted by Crippen LogP contribution is 2.38.